The molecule has 1 aliphatic heterocycles. The van der Waals surface area contributed by atoms with Crippen LogP contribution in [0.4, 0.5) is 0 Å². The summed E-state index contributed by atoms with van der Waals surface area (Å²) in [5.74, 6) is 2.41. The minimum Gasteiger partial charge on any atom is -0.496 e. The van der Waals surface area contributed by atoms with E-state index in [0.29, 0.717) is 35.0 Å². The van der Waals surface area contributed by atoms with E-state index < -0.39 is 5.69 Å². The Morgan fingerprint density at radius 2 is 1.84 bits per heavy atom. The van der Waals surface area contributed by atoms with Crippen LogP contribution in [0.5, 0.6) is 11.5 Å². The third kappa shape index (κ3) is 3.24. The molecule has 1 saturated heterocycles. The van der Waals surface area contributed by atoms with Crippen molar-refractivity contribution >= 4 is 10.9 Å². The highest BCUT2D eigenvalue weighted by molar-refractivity contribution is 5.83. The van der Waals surface area contributed by atoms with E-state index in [1.807, 2.05) is 6.07 Å². The summed E-state index contributed by atoms with van der Waals surface area (Å²) in [4.78, 5) is 28.5. The first-order chi connectivity index (χ1) is 15.1. The molecule has 7 nitrogen and oxygen atoms in total. The van der Waals surface area contributed by atoms with Gasteiger partial charge in [-0.05, 0) is 54.5 Å². The van der Waals surface area contributed by atoms with Crippen molar-refractivity contribution in [1.82, 2.24) is 14.9 Å². The van der Waals surface area contributed by atoms with Crippen LogP contribution in [-0.2, 0) is 13.0 Å². The lowest BCUT2D eigenvalue weighted by Crippen LogP contribution is -2.38. The molecular weight excluding hydrogens is 394 g/mol. The quantitative estimate of drug-likeness (QED) is 0.661. The second-order valence-electron chi connectivity index (χ2n) is 8.41. The standard InChI is InChI=1S/C24H27N3O4/c1-30-20-7-3-5-14-16(20)10-9-15-18(14)13-25-19(15)11-12-27-23(28)17-6-4-8-21(31-2)22(17)26-24(27)29/h3-8,15,18-19,25H,9-13H2,1-2H3,(H,26,29)/t15-,18+,19?/m1/s1. The number of aromatic nitrogens is 2. The van der Waals surface area contributed by atoms with Gasteiger partial charge in [0, 0.05) is 25.0 Å². The molecule has 0 spiro atoms. The number of ether oxygens (including phenoxy) is 2. The van der Waals surface area contributed by atoms with Gasteiger partial charge in [-0.2, -0.15) is 0 Å². The van der Waals surface area contributed by atoms with Gasteiger partial charge >= 0.3 is 5.69 Å². The number of nitrogens with zero attached hydrogens (tertiary/aromatic N) is 1. The Kier molecular flexibility index (Phi) is 5.06. The van der Waals surface area contributed by atoms with Crippen LogP contribution in [0.3, 0.4) is 0 Å². The summed E-state index contributed by atoms with van der Waals surface area (Å²) in [6, 6.07) is 11.8. The lowest BCUT2D eigenvalue weighted by molar-refractivity contribution is 0.337. The number of H-pyrrole nitrogens is 1. The molecule has 1 aromatic heterocycles. The highest BCUT2D eigenvalue weighted by Crippen LogP contribution is 2.44. The highest BCUT2D eigenvalue weighted by atomic mass is 16.5. The van der Waals surface area contributed by atoms with Gasteiger partial charge in [-0.15, -0.1) is 0 Å². The molecule has 5 rings (SSSR count). The van der Waals surface area contributed by atoms with Gasteiger partial charge in [0.1, 0.15) is 11.5 Å². The first kappa shape index (κ1) is 19.9. The zero-order valence-electron chi connectivity index (χ0n) is 17.8. The van der Waals surface area contributed by atoms with Gasteiger partial charge in [-0.3, -0.25) is 9.36 Å². The van der Waals surface area contributed by atoms with Gasteiger partial charge in [0.05, 0.1) is 25.1 Å². The van der Waals surface area contributed by atoms with E-state index in [1.54, 1.807) is 25.3 Å². The van der Waals surface area contributed by atoms with Crippen molar-refractivity contribution in [3.63, 3.8) is 0 Å². The average Bonchev–Trinajstić information content (AvgIpc) is 3.21. The molecule has 2 aromatic carbocycles. The Balaban J connectivity index is 1.39. The molecule has 7 heteroatoms. The van der Waals surface area contributed by atoms with Crippen molar-refractivity contribution in [2.45, 2.75) is 37.8 Å². The summed E-state index contributed by atoms with van der Waals surface area (Å²) in [6.07, 6.45) is 2.81. The van der Waals surface area contributed by atoms with Crippen molar-refractivity contribution in [3.05, 3.63) is 68.4 Å². The number of rotatable bonds is 5. The van der Waals surface area contributed by atoms with E-state index in [1.165, 1.54) is 22.8 Å². The molecule has 3 atom stereocenters. The Morgan fingerprint density at radius 1 is 1.06 bits per heavy atom. The number of fused-ring (bicyclic) bond motifs is 4. The van der Waals surface area contributed by atoms with E-state index in [0.717, 1.165) is 31.6 Å². The minimum atomic E-state index is -0.393. The molecule has 2 heterocycles. The van der Waals surface area contributed by atoms with E-state index in [9.17, 15) is 9.59 Å². The van der Waals surface area contributed by atoms with Crippen LogP contribution in [0, 0.1) is 5.92 Å². The number of methoxy groups -OCH3 is 2. The third-order valence-electron chi connectivity index (χ3n) is 7.01. The fourth-order valence-electron chi connectivity index (χ4n) is 5.51. The largest absolute Gasteiger partial charge is 0.496 e. The van der Waals surface area contributed by atoms with Gasteiger partial charge in [-0.1, -0.05) is 18.2 Å². The van der Waals surface area contributed by atoms with E-state index in [2.05, 4.69) is 22.4 Å². The van der Waals surface area contributed by atoms with Crippen molar-refractivity contribution in [1.29, 1.82) is 0 Å². The molecule has 0 amide bonds. The normalized spacial score (nSPS) is 22.2. The maximum atomic E-state index is 13.0. The molecule has 1 unspecified atom stereocenters. The average molecular weight is 421 g/mol. The van der Waals surface area contributed by atoms with Crippen LogP contribution in [0.2, 0.25) is 0 Å². The summed E-state index contributed by atoms with van der Waals surface area (Å²) >= 11 is 0. The summed E-state index contributed by atoms with van der Waals surface area (Å²) in [5.41, 5.74) is 2.48. The lowest BCUT2D eigenvalue weighted by Gasteiger charge is -2.31. The molecule has 0 saturated carbocycles. The Hall–Kier alpha value is -3.06. The predicted octanol–water partition coefficient (Wildman–Crippen LogP) is 2.42. The lowest BCUT2D eigenvalue weighted by atomic mass is 9.74. The van der Waals surface area contributed by atoms with Gasteiger partial charge in [0.25, 0.3) is 5.56 Å². The van der Waals surface area contributed by atoms with Gasteiger partial charge in [0.15, 0.2) is 0 Å². The molecule has 31 heavy (non-hydrogen) atoms. The fraction of sp³-hybridized carbons (Fsp3) is 0.417. The Labute approximate surface area is 180 Å². The molecule has 3 aromatic rings. The molecule has 1 aliphatic carbocycles. The Morgan fingerprint density at radius 3 is 2.65 bits per heavy atom. The molecule has 2 N–H and O–H groups in total. The molecule has 162 valence electrons. The number of nitrogens with one attached hydrogen (secondary N) is 2. The third-order valence-corrected chi connectivity index (χ3v) is 7.01. The topological polar surface area (TPSA) is 85.3 Å². The molecule has 1 fully saturated rings. The van der Waals surface area contributed by atoms with Crippen LogP contribution in [0.1, 0.15) is 29.9 Å². The van der Waals surface area contributed by atoms with Crippen molar-refractivity contribution in [2.75, 3.05) is 20.8 Å². The molecule has 2 aliphatic rings. The van der Waals surface area contributed by atoms with Gasteiger partial charge in [0.2, 0.25) is 0 Å². The number of benzene rings is 2. The second kappa shape index (κ2) is 7.89. The smallest absolute Gasteiger partial charge is 0.328 e. The van der Waals surface area contributed by atoms with Crippen LogP contribution in [0.15, 0.2) is 46.0 Å². The second-order valence-corrected chi connectivity index (χ2v) is 8.41. The number of aromatic amines is 1. The highest BCUT2D eigenvalue weighted by Gasteiger charge is 2.40. The van der Waals surface area contributed by atoms with Crippen LogP contribution < -0.4 is 26.0 Å². The summed E-state index contributed by atoms with van der Waals surface area (Å²) in [5, 5.41) is 4.12. The minimum absolute atomic E-state index is 0.272. The monoisotopic (exact) mass is 421 g/mol. The van der Waals surface area contributed by atoms with Crippen LogP contribution in [0.25, 0.3) is 10.9 Å². The van der Waals surface area contributed by atoms with Gasteiger partial charge < -0.3 is 19.8 Å². The molecule has 0 radical (unpaired) electrons. The summed E-state index contributed by atoms with van der Waals surface area (Å²) in [6.45, 7) is 1.29. The van der Waals surface area contributed by atoms with Gasteiger partial charge in [-0.25, -0.2) is 4.79 Å². The first-order valence-corrected chi connectivity index (χ1v) is 10.8. The predicted molar refractivity (Wildman–Crippen MR) is 119 cm³/mol. The Bertz CT molecular complexity index is 1250. The maximum absolute atomic E-state index is 13.0. The summed E-state index contributed by atoms with van der Waals surface area (Å²) in [7, 11) is 3.25. The SMILES string of the molecule is COc1cccc2c1CC[C@H]1C(CCn3c(=O)[nH]c4c(OC)cccc4c3=O)NC[C@@H]21. The van der Waals surface area contributed by atoms with E-state index in [-0.39, 0.29) is 11.6 Å². The van der Waals surface area contributed by atoms with Crippen molar-refractivity contribution in [2.24, 2.45) is 5.92 Å². The van der Waals surface area contributed by atoms with Crippen molar-refractivity contribution in [3.8, 4) is 11.5 Å². The number of para-hydroxylation sites is 1. The number of hydrogen-bond donors (Lipinski definition) is 2. The van der Waals surface area contributed by atoms with E-state index in [4.69, 9.17) is 9.47 Å². The zero-order chi connectivity index (χ0) is 21.5. The molecular formula is C24H27N3O4. The molecule has 0 bridgehead atoms. The van der Waals surface area contributed by atoms with Crippen molar-refractivity contribution < 1.29 is 9.47 Å². The van der Waals surface area contributed by atoms with Crippen LogP contribution >= 0.6 is 0 Å². The summed E-state index contributed by atoms with van der Waals surface area (Å²) < 4.78 is 12.2. The zero-order valence-corrected chi connectivity index (χ0v) is 17.8. The van der Waals surface area contributed by atoms with E-state index >= 15 is 0 Å². The van der Waals surface area contributed by atoms with Crippen LogP contribution in [-0.4, -0.2) is 36.4 Å². The maximum Gasteiger partial charge on any atom is 0.328 e. The number of hydrogen-bond acceptors (Lipinski definition) is 5. The first-order valence-electron chi connectivity index (χ1n) is 10.8. The fourth-order valence-corrected chi connectivity index (χ4v) is 5.51.